The van der Waals surface area contributed by atoms with Crippen molar-refractivity contribution in [3.8, 4) is 0 Å². The monoisotopic (exact) mass is 313 g/mol. The van der Waals surface area contributed by atoms with Crippen LogP contribution in [-0.4, -0.2) is 16.8 Å². The molecule has 0 spiro atoms. The largest absolute Gasteiger partial charge is 0.334 e. The van der Waals surface area contributed by atoms with Crippen LogP contribution in [0.25, 0.3) is 10.8 Å². The molecule has 0 bridgehead atoms. The third-order valence-electron chi connectivity index (χ3n) is 5.63. The van der Waals surface area contributed by atoms with Gasteiger partial charge < -0.3 is 4.90 Å². The van der Waals surface area contributed by atoms with Gasteiger partial charge in [0.05, 0.1) is 0 Å². The molecule has 0 radical (unpaired) electrons. The van der Waals surface area contributed by atoms with Crippen LogP contribution in [0.1, 0.15) is 35.4 Å². The summed E-state index contributed by atoms with van der Waals surface area (Å²) in [6.07, 6.45) is 1.64. The second-order valence-corrected chi connectivity index (χ2v) is 6.88. The van der Waals surface area contributed by atoms with Crippen molar-refractivity contribution in [2.45, 2.75) is 31.3 Å². The Labute approximate surface area is 141 Å². The summed E-state index contributed by atoms with van der Waals surface area (Å²) in [6, 6.07) is 24.0. The Hall–Kier alpha value is -2.61. The summed E-state index contributed by atoms with van der Waals surface area (Å²) in [5.41, 5.74) is 4.05. The van der Waals surface area contributed by atoms with Crippen molar-refractivity contribution in [2.24, 2.45) is 0 Å². The van der Waals surface area contributed by atoms with Gasteiger partial charge in [-0.25, -0.2) is 0 Å². The minimum Gasteiger partial charge on any atom is -0.334 e. The molecular weight excluding hydrogens is 294 g/mol. The molecule has 0 N–H and O–H groups in total. The van der Waals surface area contributed by atoms with E-state index in [0.29, 0.717) is 18.4 Å². The third kappa shape index (κ3) is 1.92. The van der Waals surface area contributed by atoms with E-state index in [2.05, 4.69) is 71.6 Å². The Morgan fingerprint density at radius 1 is 0.875 bits per heavy atom. The lowest BCUT2D eigenvalue weighted by molar-refractivity contribution is -0.130. The van der Waals surface area contributed by atoms with Crippen LogP contribution in [-0.2, 0) is 11.3 Å². The SMILES string of the molecule is O=C1CCC2C(c3ccccc3)c3c(ccc4ccccc34)CN12. The molecule has 118 valence electrons. The van der Waals surface area contributed by atoms with Gasteiger partial charge in [-0.15, -0.1) is 0 Å². The second kappa shape index (κ2) is 5.20. The van der Waals surface area contributed by atoms with Gasteiger partial charge >= 0.3 is 0 Å². The molecule has 2 heteroatoms. The quantitative estimate of drug-likeness (QED) is 0.649. The molecule has 24 heavy (non-hydrogen) atoms. The molecule has 5 rings (SSSR count). The summed E-state index contributed by atoms with van der Waals surface area (Å²) < 4.78 is 0. The van der Waals surface area contributed by atoms with Crippen LogP contribution in [0.5, 0.6) is 0 Å². The molecule has 2 atom stereocenters. The van der Waals surface area contributed by atoms with Gasteiger partial charge in [-0.05, 0) is 33.9 Å². The molecule has 2 nitrogen and oxygen atoms in total. The molecule has 3 aromatic carbocycles. The maximum atomic E-state index is 12.4. The lowest BCUT2D eigenvalue weighted by Crippen LogP contribution is -2.41. The summed E-state index contributed by atoms with van der Waals surface area (Å²) in [5, 5.41) is 2.62. The first-order chi connectivity index (χ1) is 11.8. The van der Waals surface area contributed by atoms with Gasteiger partial charge in [-0.2, -0.15) is 0 Å². The zero-order valence-electron chi connectivity index (χ0n) is 13.5. The number of carbonyl (C=O) groups is 1. The van der Waals surface area contributed by atoms with Crippen molar-refractivity contribution in [2.75, 3.05) is 0 Å². The number of carbonyl (C=O) groups excluding carboxylic acids is 1. The Bertz CT molecular complexity index is 931. The number of rotatable bonds is 1. The average molecular weight is 313 g/mol. The summed E-state index contributed by atoms with van der Waals surface area (Å²) in [7, 11) is 0. The van der Waals surface area contributed by atoms with Crippen LogP contribution < -0.4 is 0 Å². The lowest BCUT2D eigenvalue weighted by atomic mass is 9.77. The van der Waals surface area contributed by atoms with Crippen LogP contribution in [0.2, 0.25) is 0 Å². The first-order valence-corrected chi connectivity index (χ1v) is 8.68. The topological polar surface area (TPSA) is 20.3 Å². The van der Waals surface area contributed by atoms with E-state index in [1.54, 1.807) is 0 Å². The fourth-order valence-electron chi connectivity index (χ4n) is 4.58. The van der Waals surface area contributed by atoms with Crippen molar-refractivity contribution in [3.63, 3.8) is 0 Å². The molecule has 0 aliphatic carbocycles. The Morgan fingerprint density at radius 3 is 2.54 bits per heavy atom. The van der Waals surface area contributed by atoms with Crippen LogP contribution in [0.4, 0.5) is 0 Å². The fourth-order valence-corrected chi connectivity index (χ4v) is 4.58. The van der Waals surface area contributed by atoms with Crippen molar-refractivity contribution >= 4 is 16.7 Å². The average Bonchev–Trinajstić information content (AvgIpc) is 3.01. The van der Waals surface area contributed by atoms with Gasteiger partial charge in [0.1, 0.15) is 0 Å². The molecule has 1 fully saturated rings. The highest BCUT2D eigenvalue weighted by Crippen LogP contribution is 2.45. The number of benzene rings is 3. The number of fused-ring (bicyclic) bond motifs is 4. The van der Waals surface area contributed by atoms with E-state index in [1.165, 1.54) is 27.5 Å². The number of nitrogens with zero attached hydrogens (tertiary/aromatic N) is 1. The first-order valence-electron chi connectivity index (χ1n) is 8.68. The van der Waals surface area contributed by atoms with E-state index in [0.717, 1.165) is 13.0 Å². The van der Waals surface area contributed by atoms with E-state index < -0.39 is 0 Å². The van der Waals surface area contributed by atoms with Gasteiger partial charge in [-0.3, -0.25) is 4.79 Å². The predicted molar refractivity (Wildman–Crippen MR) is 95.8 cm³/mol. The summed E-state index contributed by atoms with van der Waals surface area (Å²) in [6.45, 7) is 0.757. The summed E-state index contributed by atoms with van der Waals surface area (Å²) in [4.78, 5) is 14.5. The predicted octanol–water partition coefficient (Wildman–Crippen LogP) is 4.48. The molecule has 1 amide bonds. The van der Waals surface area contributed by atoms with Crippen LogP contribution in [0.15, 0.2) is 66.7 Å². The van der Waals surface area contributed by atoms with Crippen LogP contribution in [0, 0.1) is 0 Å². The van der Waals surface area contributed by atoms with Crippen LogP contribution in [0.3, 0.4) is 0 Å². The minimum absolute atomic E-state index is 0.271. The Kier molecular flexibility index (Phi) is 2.99. The number of hydrogen-bond donors (Lipinski definition) is 0. The smallest absolute Gasteiger partial charge is 0.223 e. The van der Waals surface area contributed by atoms with Crippen molar-refractivity contribution in [1.82, 2.24) is 4.90 Å². The lowest BCUT2D eigenvalue weighted by Gasteiger charge is -2.39. The van der Waals surface area contributed by atoms with Gasteiger partial charge in [-0.1, -0.05) is 66.7 Å². The fraction of sp³-hybridized carbons (Fsp3) is 0.227. The van der Waals surface area contributed by atoms with Crippen LogP contribution >= 0.6 is 0 Å². The maximum Gasteiger partial charge on any atom is 0.223 e. The van der Waals surface area contributed by atoms with Gasteiger partial charge in [0, 0.05) is 24.9 Å². The maximum absolute atomic E-state index is 12.4. The molecule has 2 unspecified atom stereocenters. The highest BCUT2D eigenvalue weighted by molar-refractivity contribution is 5.89. The Balaban J connectivity index is 1.80. The minimum atomic E-state index is 0.271. The molecular formula is C22H19NO. The van der Waals surface area contributed by atoms with E-state index >= 15 is 0 Å². The first kappa shape index (κ1) is 13.8. The molecule has 3 aromatic rings. The van der Waals surface area contributed by atoms with E-state index in [4.69, 9.17) is 0 Å². The highest BCUT2D eigenvalue weighted by Gasteiger charge is 2.42. The highest BCUT2D eigenvalue weighted by atomic mass is 16.2. The molecule has 0 saturated carbocycles. The summed E-state index contributed by atoms with van der Waals surface area (Å²) >= 11 is 0. The third-order valence-corrected chi connectivity index (χ3v) is 5.63. The van der Waals surface area contributed by atoms with E-state index in [-0.39, 0.29) is 5.92 Å². The van der Waals surface area contributed by atoms with Gasteiger partial charge in [0.2, 0.25) is 5.91 Å². The van der Waals surface area contributed by atoms with E-state index in [9.17, 15) is 4.79 Å². The van der Waals surface area contributed by atoms with Gasteiger partial charge in [0.25, 0.3) is 0 Å². The molecule has 2 aliphatic heterocycles. The summed E-state index contributed by atoms with van der Waals surface area (Å²) in [5.74, 6) is 0.576. The van der Waals surface area contributed by atoms with Crippen molar-refractivity contribution in [3.05, 3.63) is 83.4 Å². The standard InChI is InChI=1S/C22H19NO/c24-20-13-12-19-22(16-7-2-1-3-8-16)21-17(14-23(19)20)11-10-15-6-4-5-9-18(15)21/h1-11,19,22H,12-14H2. The van der Waals surface area contributed by atoms with Crippen molar-refractivity contribution < 1.29 is 4.79 Å². The molecule has 0 aromatic heterocycles. The second-order valence-electron chi connectivity index (χ2n) is 6.88. The zero-order valence-corrected chi connectivity index (χ0v) is 13.5. The molecule has 1 saturated heterocycles. The molecule has 2 aliphatic rings. The number of amides is 1. The molecule has 2 heterocycles. The van der Waals surface area contributed by atoms with Crippen molar-refractivity contribution in [1.29, 1.82) is 0 Å². The number of hydrogen-bond acceptors (Lipinski definition) is 1. The Morgan fingerprint density at radius 2 is 1.67 bits per heavy atom. The normalized spacial score (nSPS) is 22.5. The van der Waals surface area contributed by atoms with Gasteiger partial charge in [0.15, 0.2) is 0 Å². The zero-order chi connectivity index (χ0) is 16.1. The van der Waals surface area contributed by atoms with E-state index in [1.807, 2.05) is 0 Å².